The van der Waals surface area contributed by atoms with Crippen molar-refractivity contribution in [3.05, 3.63) is 26.6 Å². The van der Waals surface area contributed by atoms with Crippen molar-refractivity contribution >= 4 is 28.6 Å². The highest BCUT2D eigenvalue weighted by Gasteiger charge is 2.17. The summed E-state index contributed by atoms with van der Waals surface area (Å²) >= 11 is 1.85. The Balaban J connectivity index is 3.24. The molecule has 1 aromatic rings. The summed E-state index contributed by atoms with van der Waals surface area (Å²) in [6.07, 6.45) is -3.11. The second-order valence-electron chi connectivity index (χ2n) is 3.03. The van der Waals surface area contributed by atoms with Crippen LogP contribution in [0.3, 0.4) is 0 Å². The van der Waals surface area contributed by atoms with Gasteiger partial charge in [-0.15, -0.1) is 0 Å². The van der Waals surface area contributed by atoms with Crippen LogP contribution < -0.4 is 5.73 Å². The van der Waals surface area contributed by atoms with E-state index in [0.29, 0.717) is 9.13 Å². The topological polar surface area (TPSA) is 76.2 Å². The predicted octanol–water partition coefficient (Wildman–Crippen LogP) is 1.71. The molecule has 0 radical (unpaired) electrons. The molecule has 0 aliphatic heterocycles. The normalized spacial score (nSPS) is 10.8. The molecule has 0 aromatic carbocycles. The number of hydrogen-bond acceptors (Lipinski definition) is 3. The van der Waals surface area contributed by atoms with Gasteiger partial charge in [-0.05, 0) is 28.7 Å². The number of alkyl halides is 2. The maximum atomic E-state index is 12.5. The summed E-state index contributed by atoms with van der Waals surface area (Å²) in [6.45, 7) is 0.0808. The summed E-state index contributed by atoms with van der Waals surface area (Å²) in [5.74, 6) is -1.12. The number of hydrogen-bond donors (Lipinski definition) is 2. The Hall–Kier alpha value is -0.830. The monoisotopic (exact) mass is 342 g/mol. The van der Waals surface area contributed by atoms with E-state index in [1.165, 1.54) is 6.07 Å². The molecule has 0 saturated carbocycles. The molecule has 0 atom stereocenters. The Morgan fingerprint density at radius 3 is 2.69 bits per heavy atom. The number of pyridine rings is 1. The van der Waals surface area contributed by atoms with Crippen molar-refractivity contribution < 1.29 is 18.7 Å². The molecule has 0 bridgehead atoms. The molecule has 0 aliphatic rings. The van der Waals surface area contributed by atoms with E-state index >= 15 is 0 Å². The van der Waals surface area contributed by atoms with E-state index in [2.05, 4.69) is 4.98 Å². The minimum absolute atomic E-state index is 0.0808. The highest BCUT2D eigenvalue weighted by molar-refractivity contribution is 14.1. The fourth-order valence-electron chi connectivity index (χ4n) is 1.23. The van der Waals surface area contributed by atoms with Crippen molar-refractivity contribution in [3.8, 4) is 0 Å². The van der Waals surface area contributed by atoms with Crippen molar-refractivity contribution in [1.29, 1.82) is 0 Å². The van der Waals surface area contributed by atoms with E-state index in [1.807, 2.05) is 22.6 Å². The fourth-order valence-corrected chi connectivity index (χ4v) is 2.08. The molecule has 1 rings (SSSR count). The highest BCUT2D eigenvalue weighted by Crippen LogP contribution is 2.23. The lowest BCUT2D eigenvalue weighted by atomic mass is 10.1. The van der Waals surface area contributed by atoms with Gasteiger partial charge in [0.2, 0.25) is 0 Å². The first-order valence-corrected chi connectivity index (χ1v) is 5.41. The van der Waals surface area contributed by atoms with E-state index in [9.17, 15) is 13.6 Å². The molecule has 1 aromatic heterocycles. The first-order valence-electron chi connectivity index (χ1n) is 4.34. The lowest BCUT2D eigenvalue weighted by molar-refractivity contribution is -0.136. The summed E-state index contributed by atoms with van der Waals surface area (Å²) in [5, 5.41) is 8.64. The standard InChI is InChI=1S/C9H9F2IN2O2/c10-9(11)7-1-5(12)4(3-13)6(14-7)2-8(15)16/h1,9H,2-3,13H2,(H,15,16). The largest absolute Gasteiger partial charge is 0.481 e. The van der Waals surface area contributed by atoms with E-state index in [1.54, 1.807) is 0 Å². The number of halogens is 3. The lowest BCUT2D eigenvalue weighted by Crippen LogP contribution is -2.12. The molecule has 0 saturated heterocycles. The molecule has 88 valence electrons. The van der Waals surface area contributed by atoms with E-state index in [0.717, 1.165) is 0 Å². The number of rotatable bonds is 4. The van der Waals surface area contributed by atoms with E-state index in [4.69, 9.17) is 10.8 Å². The highest BCUT2D eigenvalue weighted by atomic mass is 127. The fraction of sp³-hybridized carbons (Fsp3) is 0.333. The van der Waals surface area contributed by atoms with Gasteiger partial charge in [0.1, 0.15) is 5.69 Å². The third-order valence-electron chi connectivity index (χ3n) is 1.92. The van der Waals surface area contributed by atoms with Crippen molar-refractivity contribution in [3.63, 3.8) is 0 Å². The number of carboxylic acids is 1. The summed E-state index contributed by atoms with van der Waals surface area (Å²) in [5.41, 5.74) is 5.62. The van der Waals surface area contributed by atoms with Crippen LogP contribution in [0.25, 0.3) is 0 Å². The molecule has 0 aliphatic carbocycles. The van der Waals surface area contributed by atoms with Crippen LogP contribution in [-0.4, -0.2) is 16.1 Å². The average Bonchev–Trinajstić information content (AvgIpc) is 2.16. The number of carbonyl (C=O) groups is 1. The number of nitrogens with zero attached hydrogens (tertiary/aromatic N) is 1. The molecule has 4 nitrogen and oxygen atoms in total. The summed E-state index contributed by atoms with van der Waals surface area (Å²) in [7, 11) is 0. The quantitative estimate of drug-likeness (QED) is 0.817. The molecular weight excluding hydrogens is 333 g/mol. The number of aromatic nitrogens is 1. The lowest BCUT2D eigenvalue weighted by Gasteiger charge is -2.10. The number of carboxylic acid groups (broad SMARTS) is 1. The van der Waals surface area contributed by atoms with Crippen LogP contribution in [0.4, 0.5) is 8.78 Å². The van der Waals surface area contributed by atoms with Gasteiger partial charge in [0.05, 0.1) is 12.1 Å². The molecule has 1 heterocycles. The maximum absolute atomic E-state index is 12.5. The Kier molecular flexibility index (Phi) is 4.54. The van der Waals surface area contributed by atoms with Crippen molar-refractivity contribution in [2.45, 2.75) is 19.4 Å². The van der Waals surface area contributed by atoms with Gasteiger partial charge in [-0.3, -0.25) is 9.78 Å². The molecule has 0 amide bonds. The number of nitrogens with two attached hydrogens (primary N) is 1. The zero-order valence-electron chi connectivity index (χ0n) is 8.08. The Morgan fingerprint density at radius 2 is 2.25 bits per heavy atom. The molecule has 7 heteroatoms. The van der Waals surface area contributed by atoms with Gasteiger partial charge in [0, 0.05) is 15.7 Å². The first-order chi connectivity index (χ1) is 7.45. The maximum Gasteiger partial charge on any atom is 0.309 e. The van der Waals surface area contributed by atoms with Gasteiger partial charge >= 0.3 is 5.97 Å². The van der Waals surface area contributed by atoms with Gasteiger partial charge < -0.3 is 10.8 Å². The SMILES string of the molecule is NCc1c(I)cc(C(F)F)nc1CC(=O)O. The van der Waals surface area contributed by atoms with Gasteiger partial charge in [0.25, 0.3) is 6.43 Å². The van der Waals surface area contributed by atoms with Crippen LogP contribution in [0.2, 0.25) is 0 Å². The van der Waals surface area contributed by atoms with Crippen LogP contribution in [0.1, 0.15) is 23.4 Å². The van der Waals surface area contributed by atoms with Crippen LogP contribution in [0.15, 0.2) is 6.07 Å². The van der Waals surface area contributed by atoms with Crippen molar-refractivity contribution in [2.24, 2.45) is 5.73 Å². The summed E-state index contributed by atoms with van der Waals surface area (Å²) < 4.78 is 25.4. The molecular formula is C9H9F2IN2O2. The minimum Gasteiger partial charge on any atom is -0.481 e. The van der Waals surface area contributed by atoms with Crippen LogP contribution in [0, 0.1) is 3.57 Å². The Labute approximate surface area is 104 Å². The second kappa shape index (κ2) is 5.48. The molecule has 0 unspecified atom stereocenters. The zero-order chi connectivity index (χ0) is 12.3. The van der Waals surface area contributed by atoms with Crippen molar-refractivity contribution in [1.82, 2.24) is 4.98 Å². The molecule has 16 heavy (non-hydrogen) atoms. The van der Waals surface area contributed by atoms with Crippen molar-refractivity contribution in [2.75, 3.05) is 0 Å². The van der Waals surface area contributed by atoms with Gasteiger partial charge in [-0.25, -0.2) is 8.78 Å². The molecule has 3 N–H and O–H groups in total. The number of aliphatic carboxylic acids is 1. The average molecular weight is 342 g/mol. The van der Waals surface area contributed by atoms with Gasteiger partial charge in [0.15, 0.2) is 0 Å². The summed E-state index contributed by atoms with van der Waals surface area (Å²) in [4.78, 5) is 14.2. The van der Waals surface area contributed by atoms with Gasteiger partial charge in [-0.2, -0.15) is 0 Å². The Bertz CT molecular complexity index is 413. The summed E-state index contributed by atoms with van der Waals surface area (Å²) in [6, 6.07) is 1.22. The van der Waals surface area contributed by atoms with Crippen LogP contribution >= 0.6 is 22.6 Å². The Morgan fingerprint density at radius 1 is 1.62 bits per heavy atom. The smallest absolute Gasteiger partial charge is 0.309 e. The van der Waals surface area contributed by atoms with Gasteiger partial charge in [-0.1, -0.05) is 0 Å². The van der Waals surface area contributed by atoms with E-state index < -0.39 is 24.5 Å². The molecule has 0 spiro atoms. The minimum atomic E-state index is -2.71. The van der Waals surface area contributed by atoms with E-state index in [-0.39, 0.29) is 12.2 Å². The second-order valence-corrected chi connectivity index (χ2v) is 4.19. The zero-order valence-corrected chi connectivity index (χ0v) is 10.2. The third kappa shape index (κ3) is 3.08. The predicted molar refractivity (Wildman–Crippen MR) is 61.1 cm³/mol. The van der Waals surface area contributed by atoms with Crippen LogP contribution in [0.5, 0.6) is 0 Å². The third-order valence-corrected chi connectivity index (χ3v) is 2.88. The van der Waals surface area contributed by atoms with Crippen LogP contribution in [-0.2, 0) is 17.8 Å². The first kappa shape index (κ1) is 13.2. The molecule has 0 fully saturated rings.